The molecule has 0 saturated carbocycles. The lowest BCUT2D eigenvalue weighted by Gasteiger charge is -2.21. The molecule has 1 aromatic heterocycles. The smallest absolute Gasteiger partial charge is 0.266 e. The summed E-state index contributed by atoms with van der Waals surface area (Å²) >= 11 is 1.43. The van der Waals surface area contributed by atoms with E-state index in [2.05, 4.69) is 17.1 Å². The van der Waals surface area contributed by atoms with Gasteiger partial charge < -0.3 is 4.57 Å². The number of benzene rings is 2. The zero-order chi connectivity index (χ0) is 22.3. The van der Waals surface area contributed by atoms with Crippen LogP contribution in [0.2, 0.25) is 0 Å². The molecule has 0 radical (unpaired) electrons. The predicted octanol–water partition coefficient (Wildman–Crippen LogP) is 3.76. The van der Waals surface area contributed by atoms with E-state index >= 15 is 0 Å². The van der Waals surface area contributed by atoms with Gasteiger partial charge in [0.2, 0.25) is 10.0 Å². The number of hydrogen-bond acceptors (Lipinski definition) is 4. The van der Waals surface area contributed by atoms with E-state index in [1.807, 2.05) is 25.3 Å². The fraction of sp³-hybridized carbons (Fsp3) is 0.364. The van der Waals surface area contributed by atoms with E-state index in [4.69, 9.17) is 0 Å². The normalized spacial score (nSPS) is 18.2. The van der Waals surface area contributed by atoms with Gasteiger partial charge in [-0.15, -0.1) is 0 Å². The lowest BCUT2D eigenvalue weighted by Crippen LogP contribution is -2.40. The molecule has 3 aromatic rings. The minimum absolute atomic E-state index is 0.0231. The molecule has 1 unspecified atom stereocenters. The van der Waals surface area contributed by atoms with Gasteiger partial charge in [0.1, 0.15) is 11.9 Å². The van der Waals surface area contributed by atoms with Crippen LogP contribution in [0.15, 0.2) is 46.3 Å². The van der Waals surface area contributed by atoms with Crippen molar-refractivity contribution < 1.29 is 17.6 Å². The molecule has 164 valence electrons. The third-order valence-corrected chi connectivity index (χ3v) is 8.69. The maximum atomic E-state index is 13.2. The van der Waals surface area contributed by atoms with Crippen LogP contribution < -0.4 is 4.80 Å². The molecular formula is C22H24FN3O3S2. The van der Waals surface area contributed by atoms with Crippen LogP contribution in [0.5, 0.6) is 0 Å². The molecule has 6 nitrogen and oxygen atoms in total. The van der Waals surface area contributed by atoms with Crippen LogP contribution in [0.4, 0.5) is 4.39 Å². The number of fused-ring (bicyclic) bond motifs is 1. The average Bonchev–Trinajstić information content (AvgIpc) is 3.34. The standard InChI is InChI=1S/C22H24FN3O3S2/c1-4-25-19-12-14(2)15(3)13-20(19)30-22(25)24-21(27)18-6-5-11-26(18)31(28,29)17-9-7-16(23)8-10-17/h7-10,12-13,18H,4-6,11H2,1-3H3. The quantitative estimate of drug-likeness (QED) is 0.594. The van der Waals surface area contributed by atoms with Crippen LogP contribution in [0.25, 0.3) is 10.2 Å². The molecule has 0 N–H and O–H groups in total. The summed E-state index contributed by atoms with van der Waals surface area (Å²) in [5.41, 5.74) is 3.35. The molecule has 1 atom stereocenters. The van der Waals surface area contributed by atoms with Gasteiger partial charge in [0.25, 0.3) is 5.91 Å². The van der Waals surface area contributed by atoms with Gasteiger partial charge in [0.05, 0.1) is 15.1 Å². The van der Waals surface area contributed by atoms with Crippen LogP contribution in [-0.4, -0.2) is 35.8 Å². The Morgan fingerprint density at radius 1 is 1.19 bits per heavy atom. The Hall–Kier alpha value is -2.36. The minimum Gasteiger partial charge on any atom is -0.317 e. The van der Waals surface area contributed by atoms with Crippen LogP contribution in [0.3, 0.4) is 0 Å². The molecule has 1 aliphatic heterocycles. The third kappa shape index (κ3) is 3.97. The number of amides is 1. The topological polar surface area (TPSA) is 71.7 Å². The van der Waals surface area contributed by atoms with Crippen LogP contribution >= 0.6 is 11.3 Å². The summed E-state index contributed by atoms with van der Waals surface area (Å²) in [5.74, 6) is -0.979. The van der Waals surface area contributed by atoms with Crippen LogP contribution in [0.1, 0.15) is 30.9 Å². The van der Waals surface area contributed by atoms with E-state index in [1.165, 1.54) is 33.3 Å². The van der Waals surface area contributed by atoms with E-state index in [1.54, 1.807) is 0 Å². The first-order valence-corrected chi connectivity index (χ1v) is 12.4. The molecule has 1 fully saturated rings. The van der Waals surface area contributed by atoms with Crippen LogP contribution in [-0.2, 0) is 21.4 Å². The summed E-state index contributed by atoms with van der Waals surface area (Å²) in [6, 6.07) is 7.99. The highest BCUT2D eigenvalue weighted by atomic mass is 32.2. The monoisotopic (exact) mass is 461 g/mol. The maximum absolute atomic E-state index is 13.2. The third-order valence-electron chi connectivity index (χ3n) is 5.73. The first kappa shape index (κ1) is 21.9. The van der Waals surface area contributed by atoms with Crippen molar-refractivity contribution in [2.45, 2.75) is 51.1 Å². The Balaban J connectivity index is 1.72. The van der Waals surface area contributed by atoms with Crippen molar-refractivity contribution in [2.24, 2.45) is 4.99 Å². The maximum Gasteiger partial charge on any atom is 0.266 e. The summed E-state index contributed by atoms with van der Waals surface area (Å²) in [7, 11) is -3.91. The van der Waals surface area contributed by atoms with Crippen molar-refractivity contribution in [3.8, 4) is 0 Å². The van der Waals surface area contributed by atoms with Gasteiger partial charge >= 0.3 is 0 Å². The number of aryl methyl sites for hydroxylation is 3. The molecule has 0 spiro atoms. The average molecular weight is 462 g/mol. The fourth-order valence-electron chi connectivity index (χ4n) is 3.90. The van der Waals surface area contributed by atoms with Crippen molar-refractivity contribution >= 4 is 37.5 Å². The Labute approximate surface area is 184 Å². The molecule has 1 amide bonds. The number of carbonyl (C=O) groups excluding carboxylic acids is 1. The first-order chi connectivity index (χ1) is 14.7. The second kappa shape index (κ2) is 8.29. The highest BCUT2D eigenvalue weighted by Crippen LogP contribution is 2.27. The van der Waals surface area contributed by atoms with E-state index in [0.29, 0.717) is 24.2 Å². The molecule has 1 aliphatic rings. The van der Waals surface area contributed by atoms with Gasteiger partial charge in [0.15, 0.2) is 4.80 Å². The van der Waals surface area contributed by atoms with Crippen molar-refractivity contribution in [3.05, 3.63) is 58.1 Å². The van der Waals surface area contributed by atoms with Gasteiger partial charge in [-0.3, -0.25) is 4.79 Å². The number of nitrogens with zero attached hydrogens (tertiary/aromatic N) is 3. The van der Waals surface area contributed by atoms with Crippen molar-refractivity contribution in [2.75, 3.05) is 6.54 Å². The number of rotatable bonds is 4. The molecule has 9 heteroatoms. The van der Waals surface area contributed by atoms with Crippen molar-refractivity contribution in [1.29, 1.82) is 0 Å². The summed E-state index contributed by atoms with van der Waals surface area (Å²) in [6.45, 7) is 6.97. The number of hydrogen-bond donors (Lipinski definition) is 0. The Bertz CT molecular complexity index is 1320. The highest BCUT2D eigenvalue weighted by Gasteiger charge is 2.39. The van der Waals surface area contributed by atoms with Gasteiger partial charge in [-0.25, -0.2) is 12.8 Å². The number of sulfonamides is 1. The highest BCUT2D eigenvalue weighted by molar-refractivity contribution is 7.89. The molecular weight excluding hydrogens is 437 g/mol. The van der Waals surface area contributed by atoms with Gasteiger partial charge in [-0.05, 0) is 81.1 Å². The number of aromatic nitrogens is 1. The first-order valence-electron chi connectivity index (χ1n) is 10.2. The molecule has 1 saturated heterocycles. The van der Waals surface area contributed by atoms with Gasteiger partial charge in [-0.2, -0.15) is 9.30 Å². The fourth-order valence-corrected chi connectivity index (χ4v) is 6.73. The van der Waals surface area contributed by atoms with Crippen molar-refractivity contribution in [1.82, 2.24) is 8.87 Å². The molecule has 4 rings (SSSR count). The number of carbonyl (C=O) groups is 1. The summed E-state index contributed by atoms with van der Waals surface area (Å²) in [6.07, 6.45) is 0.989. The molecule has 31 heavy (non-hydrogen) atoms. The van der Waals surface area contributed by atoms with E-state index in [0.717, 1.165) is 27.9 Å². The second-order valence-corrected chi connectivity index (χ2v) is 10.6. The SMILES string of the molecule is CCn1c(=NC(=O)C2CCCN2S(=O)(=O)c2ccc(F)cc2)sc2cc(C)c(C)cc21. The second-order valence-electron chi connectivity index (χ2n) is 7.71. The lowest BCUT2D eigenvalue weighted by atomic mass is 10.1. The van der Waals surface area contributed by atoms with E-state index in [9.17, 15) is 17.6 Å². The van der Waals surface area contributed by atoms with Gasteiger partial charge in [0, 0.05) is 13.1 Å². The number of thiazole rings is 1. The van der Waals surface area contributed by atoms with E-state index in [-0.39, 0.29) is 11.4 Å². The minimum atomic E-state index is -3.91. The molecule has 0 aliphatic carbocycles. The molecule has 2 aromatic carbocycles. The van der Waals surface area contributed by atoms with Crippen LogP contribution in [0, 0.1) is 19.7 Å². The summed E-state index contributed by atoms with van der Waals surface area (Å²) in [4.78, 5) is 18.0. The molecule has 2 heterocycles. The number of halogens is 1. The largest absolute Gasteiger partial charge is 0.317 e. The molecule has 0 bridgehead atoms. The lowest BCUT2D eigenvalue weighted by molar-refractivity contribution is -0.121. The zero-order valence-electron chi connectivity index (χ0n) is 17.6. The zero-order valence-corrected chi connectivity index (χ0v) is 19.3. The van der Waals surface area contributed by atoms with Crippen molar-refractivity contribution in [3.63, 3.8) is 0 Å². The van der Waals surface area contributed by atoms with Gasteiger partial charge in [-0.1, -0.05) is 11.3 Å². The van der Waals surface area contributed by atoms with E-state index < -0.39 is 27.8 Å². The Morgan fingerprint density at radius 2 is 1.87 bits per heavy atom. The summed E-state index contributed by atoms with van der Waals surface area (Å²) < 4.78 is 43.6. The summed E-state index contributed by atoms with van der Waals surface area (Å²) in [5, 5.41) is 0. The predicted molar refractivity (Wildman–Crippen MR) is 119 cm³/mol. The Morgan fingerprint density at radius 3 is 2.55 bits per heavy atom. The Kier molecular flexibility index (Phi) is 5.85.